The topological polar surface area (TPSA) is 222 Å². The van der Waals surface area contributed by atoms with Crippen LogP contribution in [0.3, 0.4) is 0 Å². The third kappa shape index (κ3) is 33.9. The van der Waals surface area contributed by atoms with Crippen molar-refractivity contribution in [1.29, 1.82) is 0 Å². The summed E-state index contributed by atoms with van der Waals surface area (Å²) in [6, 6.07) is 49.5. The lowest BCUT2D eigenvalue weighted by Gasteiger charge is -2.29. The zero-order chi connectivity index (χ0) is 75.8. The summed E-state index contributed by atoms with van der Waals surface area (Å²) in [7, 11) is 9.89. The summed E-state index contributed by atoms with van der Waals surface area (Å²) in [6.45, 7) is 15.4. The van der Waals surface area contributed by atoms with Crippen LogP contribution < -0.4 is 28.4 Å². The van der Waals surface area contributed by atoms with E-state index in [9.17, 15) is 0 Å². The van der Waals surface area contributed by atoms with Gasteiger partial charge >= 0.3 is 0 Å². The second-order valence-corrected chi connectivity index (χ2v) is 23.8. The summed E-state index contributed by atoms with van der Waals surface area (Å²) in [4.78, 5) is 0. The van der Waals surface area contributed by atoms with Gasteiger partial charge in [-0.1, -0.05) is 72.8 Å². The fourth-order valence-electron chi connectivity index (χ4n) is 10.9. The molecule has 0 saturated heterocycles. The molecule has 0 aliphatic heterocycles. The quantitative estimate of drug-likeness (QED) is 0.0323. The zero-order valence-corrected chi connectivity index (χ0v) is 64.1. The SMILES string of the molecule is COCCOCCOCCOc1ccc(-c2c(-c3ccc(OCCOCCOCCOC)cc3)c(-c3ccc(OCCOCCOCCOC)cc3)c(-c3ccc(OCCOCCOCCOC)cc3)c(-c3ccc(OCCOCCOCCOC)cc3)c2-c2ccc(OCCOCCOCCOC)cc2)cc1. The molecule has 0 N–H and O–H groups in total. The first-order valence-electron chi connectivity index (χ1n) is 37.0. The molecule has 7 aromatic carbocycles. The van der Waals surface area contributed by atoms with E-state index in [1.807, 2.05) is 72.8 Å². The minimum Gasteiger partial charge on any atom is -0.491 e. The van der Waals surface area contributed by atoms with Crippen LogP contribution in [0.2, 0.25) is 0 Å². The normalized spacial score (nSPS) is 11.4. The van der Waals surface area contributed by atoms with Gasteiger partial charge < -0.3 is 114 Å². The van der Waals surface area contributed by atoms with Crippen LogP contribution in [0.15, 0.2) is 146 Å². The molecular weight excluding hydrogens is 1390 g/mol. The Morgan fingerprint density at radius 1 is 0.130 bits per heavy atom. The van der Waals surface area contributed by atoms with Crippen LogP contribution in [0.5, 0.6) is 34.5 Å². The molecule has 0 aliphatic carbocycles. The Bertz CT molecular complexity index is 2760. The van der Waals surface area contributed by atoms with Crippen LogP contribution in [-0.4, -0.2) is 281 Å². The van der Waals surface area contributed by atoms with Crippen LogP contribution in [0.1, 0.15) is 0 Å². The predicted molar refractivity (Wildman–Crippen MR) is 413 cm³/mol. The number of rotatable bonds is 66. The molecule has 0 aromatic heterocycles. The van der Waals surface area contributed by atoms with E-state index in [1.165, 1.54) is 0 Å². The predicted octanol–water partition coefficient (Wildman–Crippen LogP) is 12.0. The number of methoxy groups -OCH3 is 6. The van der Waals surface area contributed by atoms with Crippen molar-refractivity contribution in [2.75, 3.05) is 281 Å². The Balaban J connectivity index is 1.42. The first-order chi connectivity index (χ1) is 53.5. The van der Waals surface area contributed by atoms with Crippen molar-refractivity contribution >= 4 is 0 Å². The van der Waals surface area contributed by atoms with Gasteiger partial charge in [0, 0.05) is 42.7 Å². The summed E-state index contributed by atoms with van der Waals surface area (Å²) in [6.07, 6.45) is 0. The third-order valence-corrected chi connectivity index (χ3v) is 16.2. The lowest BCUT2D eigenvalue weighted by atomic mass is 9.74. The van der Waals surface area contributed by atoms with E-state index in [4.69, 9.17) is 114 Å². The van der Waals surface area contributed by atoms with Crippen molar-refractivity contribution in [3.8, 4) is 101 Å². The summed E-state index contributed by atoms with van der Waals surface area (Å²) >= 11 is 0. The molecule has 7 rings (SSSR count). The van der Waals surface area contributed by atoms with Gasteiger partial charge in [0.25, 0.3) is 0 Å². The van der Waals surface area contributed by atoms with Crippen LogP contribution >= 0.6 is 0 Å². The van der Waals surface area contributed by atoms with Crippen LogP contribution in [0.25, 0.3) is 66.8 Å². The van der Waals surface area contributed by atoms with Crippen molar-refractivity contribution in [1.82, 2.24) is 0 Å². The third-order valence-electron chi connectivity index (χ3n) is 16.2. The average molecular weight is 1510 g/mol. The molecule has 0 heterocycles. The number of hydrogen-bond donors (Lipinski definition) is 0. The second kappa shape index (κ2) is 56.8. The van der Waals surface area contributed by atoms with Gasteiger partial charge in [-0.25, -0.2) is 0 Å². The summed E-state index contributed by atoms with van der Waals surface area (Å²) in [5.41, 5.74) is 11.0. The summed E-state index contributed by atoms with van der Waals surface area (Å²) in [5.74, 6) is 4.00. The summed E-state index contributed by atoms with van der Waals surface area (Å²) < 4.78 is 138. The number of hydrogen-bond acceptors (Lipinski definition) is 24. The maximum Gasteiger partial charge on any atom is 0.119 e. The van der Waals surface area contributed by atoms with Gasteiger partial charge in [-0.3, -0.25) is 0 Å². The lowest BCUT2D eigenvalue weighted by Crippen LogP contribution is -2.12. The molecule has 0 fully saturated rings. The molecule has 24 nitrogen and oxygen atoms in total. The average Bonchev–Trinajstić information content (AvgIpc) is 0.716. The van der Waals surface area contributed by atoms with E-state index >= 15 is 0 Å². The largest absolute Gasteiger partial charge is 0.491 e. The molecule has 0 bridgehead atoms. The second-order valence-electron chi connectivity index (χ2n) is 23.8. The molecular formula is C84H114O24. The Hall–Kier alpha value is -7.38. The first kappa shape index (κ1) is 87.8. The van der Waals surface area contributed by atoms with Crippen molar-refractivity contribution in [2.24, 2.45) is 0 Å². The Morgan fingerprint density at radius 3 is 0.343 bits per heavy atom. The van der Waals surface area contributed by atoms with Gasteiger partial charge in [-0.15, -0.1) is 0 Å². The van der Waals surface area contributed by atoms with Gasteiger partial charge in [-0.2, -0.15) is 0 Å². The maximum atomic E-state index is 6.39. The number of ether oxygens (including phenoxy) is 24. The van der Waals surface area contributed by atoms with Crippen molar-refractivity contribution in [3.63, 3.8) is 0 Å². The Kier molecular flexibility index (Phi) is 46.2. The highest BCUT2D eigenvalue weighted by Crippen LogP contribution is 2.56. The molecule has 0 aliphatic rings. The van der Waals surface area contributed by atoms with E-state index in [-0.39, 0.29) is 0 Å². The summed E-state index contributed by atoms with van der Waals surface area (Å²) in [5, 5.41) is 0. The molecule has 0 spiro atoms. The number of benzene rings is 7. The molecule has 0 saturated carbocycles. The molecule has 594 valence electrons. The molecule has 108 heavy (non-hydrogen) atoms. The van der Waals surface area contributed by atoms with E-state index in [1.54, 1.807) is 42.7 Å². The van der Waals surface area contributed by atoms with Gasteiger partial charge in [0.05, 0.1) is 198 Å². The minimum absolute atomic E-state index is 0.321. The molecule has 0 atom stereocenters. The fourth-order valence-corrected chi connectivity index (χ4v) is 10.9. The van der Waals surface area contributed by atoms with Gasteiger partial charge in [0.15, 0.2) is 0 Å². The molecule has 7 aromatic rings. The fraction of sp³-hybridized carbons (Fsp3) is 0.500. The maximum absolute atomic E-state index is 6.39. The molecule has 0 radical (unpaired) electrons. The molecule has 0 unspecified atom stereocenters. The van der Waals surface area contributed by atoms with Crippen LogP contribution in [0.4, 0.5) is 0 Å². The lowest BCUT2D eigenvalue weighted by molar-refractivity contribution is 0.0180. The van der Waals surface area contributed by atoms with Gasteiger partial charge in [0.2, 0.25) is 0 Å². The van der Waals surface area contributed by atoms with Crippen LogP contribution in [-0.2, 0) is 85.3 Å². The van der Waals surface area contributed by atoms with Crippen molar-refractivity contribution in [3.05, 3.63) is 146 Å². The highest BCUT2D eigenvalue weighted by molar-refractivity contribution is 6.15. The van der Waals surface area contributed by atoms with Gasteiger partial charge in [0.1, 0.15) is 74.1 Å². The smallest absolute Gasteiger partial charge is 0.119 e. The van der Waals surface area contributed by atoms with Gasteiger partial charge in [-0.05, 0) is 140 Å². The van der Waals surface area contributed by atoms with E-state index in [0.29, 0.717) is 272 Å². The first-order valence-corrected chi connectivity index (χ1v) is 37.0. The van der Waals surface area contributed by atoms with E-state index in [2.05, 4.69) is 72.8 Å². The van der Waals surface area contributed by atoms with E-state index < -0.39 is 0 Å². The monoisotopic (exact) mass is 1510 g/mol. The Morgan fingerprint density at radius 2 is 0.231 bits per heavy atom. The Labute approximate surface area is 638 Å². The minimum atomic E-state index is 0.321. The molecule has 24 heteroatoms. The van der Waals surface area contributed by atoms with Crippen LogP contribution in [0, 0.1) is 0 Å². The molecule has 0 amide bonds. The zero-order valence-electron chi connectivity index (χ0n) is 64.1. The standard InChI is InChI=1S/C84H114O24/c1-85-31-37-91-43-49-97-55-61-103-73-19-7-67(8-20-73)79-80(68-9-21-74(22-10-68)104-62-56-98-50-44-92-38-32-86-2)82(70-13-25-76(26-14-70)106-64-58-100-52-46-94-40-34-88-4)84(72-17-29-78(30-18-72)108-66-60-102-54-48-96-42-36-90-6)83(71-15-27-77(28-16-71)107-65-59-101-53-47-95-41-35-89-5)81(79)69-11-23-75(24-12-69)105-63-57-99-51-45-93-39-33-87-3/h7-30H,31-66H2,1-6H3. The highest BCUT2D eigenvalue weighted by Gasteiger charge is 2.30. The van der Waals surface area contributed by atoms with Crippen molar-refractivity contribution < 1.29 is 114 Å². The van der Waals surface area contributed by atoms with E-state index in [0.717, 1.165) is 66.8 Å². The van der Waals surface area contributed by atoms with Crippen molar-refractivity contribution in [2.45, 2.75) is 0 Å². The highest BCUT2D eigenvalue weighted by atomic mass is 16.6.